The number of ether oxygens (including phenoxy) is 1. The van der Waals surface area contributed by atoms with E-state index in [4.69, 9.17) is 4.74 Å². The number of fused-ring (bicyclic) bond motifs is 1. The number of aromatic nitrogens is 1. The number of nitrogens with zero attached hydrogens (tertiary/aromatic N) is 2. The molecule has 0 spiro atoms. The predicted octanol–water partition coefficient (Wildman–Crippen LogP) is 3.74. The van der Waals surface area contributed by atoms with E-state index in [1.807, 2.05) is 19.9 Å². The van der Waals surface area contributed by atoms with Crippen molar-refractivity contribution in [3.8, 4) is 0 Å². The van der Waals surface area contributed by atoms with Crippen LogP contribution in [0.25, 0.3) is 10.2 Å². The summed E-state index contributed by atoms with van der Waals surface area (Å²) in [4.78, 5) is 29.3. The Balaban J connectivity index is 1.44. The number of aryl methyl sites for hydroxylation is 2. The fourth-order valence-corrected chi connectivity index (χ4v) is 6.79. The van der Waals surface area contributed by atoms with Gasteiger partial charge in [-0.15, -0.1) is 0 Å². The van der Waals surface area contributed by atoms with E-state index >= 15 is 0 Å². The number of benzene rings is 2. The van der Waals surface area contributed by atoms with Crippen LogP contribution >= 0.6 is 11.3 Å². The zero-order chi connectivity index (χ0) is 23.8. The van der Waals surface area contributed by atoms with Gasteiger partial charge >= 0.3 is 5.97 Å². The highest BCUT2D eigenvalue weighted by Gasteiger charge is 2.34. The molecular weight excluding hydrogens is 462 g/mol. The van der Waals surface area contributed by atoms with Gasteiger partial charge in [0.05, 0.1) is 27.8 Å². The average molecular weight is 488 g/mol. The summed E-state index contributed by atoms with van der Waals surface area (Å²) >= 11 is 1.43. The van der Waals surface area contributed by atoms with E-state index in [1.54, 1.807) is 12.1 Å². The molecule has 0 saturated carbocycles. The lowest BCUT2D eigenvalue weighted by molar-refractivity contribution is -0.120. The topological polar surface area (TPSA) is 106 Å². The van der Waals surface area contributed by atoms with Gasteiger partial charge in [0.2, 0.25) is 15.9 Å². The molecule has 1 aliphatic rings. The first kappa shape index (κ1) is 23.3. The second kappa shape index (κ2) is 9.20. The number of esters is 1. The lowest BCUT2D eigenvalue weighted by Gasteiger charge is -2.30. The number of nitrogens with one attached hydrogen (secondary N) is 1. The normalized spacial score (nSPS) is 15.5. The number of anilines is 1. The molecule has 8 nitrogen and oxygen atoms in total. The molecule has 0 unspecified atom stereocenters. The lowest BCUT2D eigenvalue weighted by Crippen LogP contribution is -2.41. The van der Waals surface area contributed by atoms with Crippen LogP contribution in [0.4, 0.5) is 5.13 Å². The molecule has 1 aromatic heterocycles. The zero-order valence-electron chi connectivity index (χ0n) is 18.6. The SMILES string of the molecule is COC(=O)c1ccccc1S(=O)(=O)N1CCC(C(=O)Nc2nc3c(C)cc(C)cc3s2)CC1. The third-order valence-corrected chi connectivity index (χ3v) is 8.67. The Hall–Kier alpha value is -2.82. The van der Waals surface area contributed by atoms with Crippen LogP contribution in [0.15, 0.2) is 41.3 Å². The molecule has 0 radical (unpaired) electrons. The van der Waals surface area contributed by atoms with Gasteiger partial charge in [-0.1, -0.05) is 29.5 Å². The van der Waals surface area contributed by atoms with Crippen molar-refractivity contribution < 1.29 is 22.7 Å². The molecule has 10 heteroatoms. The first-order valence-corrected chi connectivity index (χ1v) is 12.8. The average Bonchev–Trinajstić information content (AvgIpc) is 3.21. The van der Waals surface area contributed by atoms with Gasteiger partial charge in [0.15, 0.2) is 5.13 Å². The van der Waals surface area contributed by atoms with Crippen LogP contribution < -0.4 is 5.32 Å². The Kier molecular flexibility index (Phi) is 6.51. The van der Waals surface area contributed by atoms with Crippen LogP contribution in [0.1, 0.15) is 34.3 Å². The fourth-order valence-electron chi connectivity index (χ4n) is 4.10. The van der Waals surface area contributed by atoms with Crippen molar-refractivity contribution in [1.29, 1.82) is 0 Å². The Morgan fingerprint density at radius 2 is 1.85 bits per heavy atom. The maximum Gasteiger partial charge on any atom is 0.339 e. The summed E-state index contributed by atoms with van der Waals surface area (Å²) in [5, 5.41) is 3.45. The first-order valence-electron chi connectivity index (χ1n) is 10.6. The van der Waals surface area contributed by atoms with E-state index in [2.05, 4.69) is 16.4 Å². The highest BCUT2D eigenvalue weighted by atomic mass is 32.2. The number of piperidine rings is 1. The van der Waals surface area contributed by atoms with Crippen molar-refractivity contribution in [3.63, 3.8) is 0 Å². The Morgan fingerprint density at radius 3 is 2.55 bits per heavy atom. The van der Waals surface area contributed by atoms with Gasteiger partial charge in [-0.05, 0) is 56.0 Å². The van der Waals surface area contributed by atoms with E-state index in [0.29, 0.717) is 18.0 Å². The largest absolute Gasteiger partial charge is 0.465 e. The van der Waals surface area contributed by atoms with Gasteiger partial charge in [0.25, 0.3) is 0 Å². The van der Waals surface area contributed by atoms with Gasteiger partial charge in [0.1, 0.15) is 0 Å². The highest BCUT2D eigenvalue weighted by molar-refractivity contribution is 7.89. The molecule has 0 bridgehead atoms. The van der Waals surface area contributed by atoms with Gasteiger partial charge in [0, 0.05) is 19.0 Å². The van der Waals surface area contributed by atoms with Gasteiger partial charge in [-0.3, -0.25) is 4.79 Å². The summed E-state index contributed by atoms with van der Waals surface area (Å²) in [6.07, 6.45) is 0.767. The maximum atomic E-state index is 13.2. The van der Waals surface area contributed by atoms with Crippen molar-refractivity contribution >= 4 is 48.6 Å². The smallest absolute Gasteiger partial charge is 0.339 e. The minimum atomic E-state index is -3.89. The summed E-state index contributed by atoms with van der Waals surface area (Å²) in [6, 6.07) is 10.1. The standard InChI is InChI=1S/C23H25N3O5S2/c1-14-12-15(2)20-18(13-14)32-23(24-20)25-21(27)16-8-10-26(11-9-16)33(29,30)19-7-5-4-6-17(19)22(28)31-3/h4-7,12-13,16H,8-11H2,1-3H3,(H,24,25,27). The van der Waals surface area contributed by atoms with Crippen molar-refractivity contribution in [2.45, 2.75) is 31.6 Å². The number of sulfonamides is 1. The van der Waals surface area contributed by atoms with Crippen LogP contribution in [0, 0.1) is 19.8 Å². The van der Waals surface area contributed by atoms with E-state index in [9.17, 15) is 18.0 Å². The predicted molar refractivity (Wildman–Crippen MR) is 127 cm³/mol. The second-order valence-electron chi connectivity index (χ2n) is 8.10. The molecule has 1 amide bonds. The van der Waals surface area contributed by atoms with E-state index in [1.165, 1.54) is 34.9 Å². The van der Waals surface area contributed by atoms with Crippen LogP contribution in [0.2, 0.25) is 0 Å². The summed E-state index contributed by atoms with van der Waals surface area (Å²) in [7, 11) is -2.68. The molecule has 174 valence electrons. The van der Waals surface area contributed by atoms with Crippen LogP contribution in [-0.4, -0.2) is 49.8 Å². The molecule has 33 heavy (non-hydrogen) atoms. The lowest BCUT2D eigenvalue weighted by atomic mass is 9.97. The number of methoxy groups -OCH3 is 1. The second-order valence-corrected chi connectivity index (χ2v) is 11.0. The minimum absolute atomic E-state index is 0.00114. The third-order valence-electron chi connectivity index (χ3n) is 5.79. The molecule has 0 atom stereocenters. The molecule has 1 aliphatic heterocycles. The monoisotopic (exact) mass is 487 g/mol. The molecular formula is C23H25N3O5S2. The highest BCUT2D eigenvalue weighted by Crippen LogP contribution is 2.31. The van der Waals surface area contributed by atoms with Crippen LogP contribution in [0.5, 0.6) is 0 Å². The summed E-state index contributed by atoms with van der Waals surface area (Å²) in [6.45, 7) is 4.40. The van der Waals surface area contributed by atoms with E-state index < -0.39 is 16.0 Å². The van der Waals surface area contributed by atoms with Gasteiger partial charge in [-0.2, -0.15) is 4.31 Å². The van der Waals surface area contributed by atoms with Gasteiger partial charge < -0.3 is 10.1 Å². The number of amides is 1. The van der Waals surface area contributed by atoms with Crippen molar-refractivity contribution in [3.05, 3.63) is 53.1 Å². The molecule has 1 saturated heterocycles. The minimum Gasteiger partial charge on any atom is -0.465 e. The Bertz CT molecular complexity index is 1330. The van der Waals surface area contributed by atoms with Crippen LogP contribution in [0.3, 0.4) is 0 Å². The first-order chi connectivity index (χ1) is 15.7. The number of carbonyl (C=O) groups is 2. The van der Waals surface area contributed by atoms with Crippen molar-refractivity contribution in [2.75, 3.05) is 25.5 Å². The van der Waals surface area contributed by atoms with E-state index in [-0.39, 0.29) is 35.4 Å². The number of hydrogen-bond donors (Lipinski definition) is 1. The summed E-state index contributed by atoms with van der Waals surface area (Å²) in [5.41, 5.74) is 3.09. The maximum absolute atomic E-state index is 13.2. The third kappa shape index (κ3) is 4.64. The molecule has 1 N–H and O–H groups in total. The Morgan fingerprint density at radius 1 is 1.15 bits per heavy atom. The molecule has 0 aliphatic carbocycles. The number of carbonyl (C=O) groups excluding carboxylic acids is 2. The number of thiazole rings is 1. The summed E-state index contributed by atoms with van der Waals surface area (Å²) in [5.74, 6) is -1.18. The molecule has 3 aromatic rings. The molecule has 2 heterocycles. The van der Waals surface area contributed by atoms with Crippen LogP contribution in [-0.2, 0) is 19.6 Å². The zero-order valence-corrected chi connectivity index (χ0v) is 20.3. The number of hydrogen-bond acceptors (Lipinski definition) is 7. The van der Waals surface area contributed by atoms with Crippen molar-refractivity contribution in [1.82, 2.24) is 9.29 Å². The van der Waals surface area contributed by atoms with Gasteiger partial charge in [-0.25, -0.2) is 18.2 Å². The fraction of sp³-hybridized carbons (Fsp3) is 0.348. The number of rotatable bonds is 5. The molecule has 4 rings (SSSR count). The van der Waals surface area contributed by atoms with Crippen molar-refractivity contribution in [2.24, 2.45) is 5.92 Å². The quantitative estimate of drug-likeness (QED) is 0.550. The molecule has 2 aromatic carbocycles. The Labute approximate surface area is 196 Å². The van der Waals surface area contributed by atoms with E-state index in [0.717, 1.165) is 21.3 Å². The summed E-state index contributed by atoms with van der Waals surface area (Å²) < 4.78 is 33.4. The molecule has 1 fully saturated rings.